The molecular formula is C23H19NO4. The largest absolute Gasteiger partial charge is 0.507 e. The monoisotopic (exact) mass is 373 g/mol. The third-order valence-corrected chi connectivity index (χ3v) is 5.83. The fourth-order valence-electron chi connectivity index (χ4n) is 4.36. The van der Waals surface area contributed by atoms with E-state index in [0.717, 1.165) is 31.5 Å². The third kappa shape index (κ3) is 2.36. The lowest BCUT2D eigenvalue weighted by molar-refractivity contribution is 0.0977. The molecule has 2 aliphatic rings. The molecule has 0 unspecified atom stereocenters. The van der Waals surface area contributed by atoms with Crippen LogP contribution in [-0.2, 0) is 6.54 Å². The van der Waals surface area contributed by atoms with E-state index in [0.29, 0.717) is 28.4 Å². The minimum Gasteiger partial charge on any atom is -0.507 e. The van der Waals surface area contributed by atoms with Crippen molar-refractivity contribution in [2.24, 2.45) is 0 Å². The van der Waals surface area contributed by atoms with Gasteiger partial charge in [-0.15, -0.1) is 0 Å². The number of hydrogen-bond donors (Lipinski definition) is 2. The molecule has 0 amide bonds. The number of carbonyl (C=O) groups is 2. The molecule has 5 nitrogen and oxygen atoms in total. The number of hydrogen-bond acceptors (Lipinski definition) is 5. The van der Waals surface area contributed by atoms with Crippen LogP contribution in [-0.4, -0.2) is 39.8 Å². The van der Waals surface area contributed by atoms with Gasteiger partial charge in [0.2, 0.25) is 0 Å². The average molecular weight is 373 g/mol. The maximum absolute atomic E-state index is 13.0. The van der Waals surface area contributed by atoms with E-state index in [1.165, 1.54) is 0 Å². The zero-order valence-electron chi connectivity index (χ0n) is 15.2. The summed E-state index contributed by atoms with van der Waals surface area (Å²) in [6.07, 6.45) is 2.30. The number of benzene rings is 3. The number of carbonyl (C=O) groups excluding carboxylic acids is 2. The number of phenolic OH excluding ortho intramolecular Hbond substituents is 2. The molecule has 140 valence electrons. The Kier molecular flexibility index (Phi) is 3.74. The Labute approximate surface area is 161 Å². The number of fused-ring (bicyclic) bond motifs is 3. The summed E-state index contributed by atoms with van der Waals surface area (Å²) in [6.45, 7) is 2.61. The number of likely N-dealkylation sites (tertiary alicyclic amines) is 1. The minimum absolute atomic E-state index is 0.0166. The molecule has 0 bridgehead atoms. The van der Waals surface area contributed by atoms with E-state index in [1.54, 1.807) is 42.5 Å². The highest BCUT2D eigenvalue weighted by Crippen LogP contribution is 2.42. The van der Waals surface area contributed by atoms with E-state index in [9.17, 15) is 19.8 Å². The molecular weight excluding hydrogens is 354 g/mol. The van der Waals surface area contributed by atoms with Crippen LogP contribution in [0.3, 0.4) is 0 Å². The van der Waals surface area contributed by atoms with Crippen LogP contribution in [0.15, 0.2) is 42.5 Å². The lowest BCUT2D eigenvalue weighted by Gasteiger charge is -2.21. The zero-order valence-corrected chi connectivity index (χ0v) is 15.2. The summed E-state index contributed by atoms with van der Waals surface area (Å²) in [5.74, 6) is -0.873. The molecule has 0 spiro atoms. The van der Waals surface area contributed by atoms with Crippen molar-refractivity contribution >= 4 is 22.3 Å². The van der Waals surface area contributed by atoms with Gasteiger partial charge in [-0.2, -0.15) is 0 Å². The van der Waals surface area contributed by atoms with E-state index in [-0.39, 0.29) is 34.2 Å². The first kappa shape index (κ1) is 17.0. The highest BCUT2D eigenvalue weighted by atomic mass is 16.3. The van der Waals surface area contributed by atoms with Crippen molar-refractivity contribution in [3.05, 3.63) is 70.3 Å². The van der Waals surface area contributed by atoms with Crippen molar-refractivity contribution in [1.82, 2.24) is 4.90 Å². The Bertz CT molecular complexity index is 1160. The first-order valence-corrected chi connectivity index (χ1v) is 9.47. The quantitative estimate of drug-likeness (QED) is 0.561. The van der Waals surface area contributed by atoms with Crippen LogP contribution in [0.4, 0.5) is 0 Å². The van der Waals surface area contributed by atoms with Gasteiger partial charge in [-0.1, -0.05) is 36.4 Å². The second-order valence-corrected chi connectivity index (χ2v) is 7.50. The summed E-state index contributed by atoms with van der Waals surface area (Å²) in [5.41, 5.74) is 1.53. The van der Waals surface area contributed by atoms with Gasteiger partial charge < -0.3 is 10.2 Å². The Morgan fingerprint density at radius 1 is 0.786 bits per heavy atom. The van der Waals surface area contributed by atoms with E-state index in [2.05, 4.69) is 4.90 Å². The Morgan fingerprint density at radius 2 is 1.46 bits per heavy atom. The number of aromatic hydroxyl groups is 2. The fourth-order valence-corrected chi connectivity index (χ4v) is 4.36. The predicted molar refractivity (Wildman–Crippen MR) is 105 cm³/mol. The molecule has 3 aromatic carbocycles. The van der Waals surface area contributed by atoms with Gasteiger partial charge in [0, 0.05) is 39.6 Å². The maximum Gasteiger partial charge on any atom is 0.198 e. The molecule has 0 saturated carbocycles. The molecule has 5 rings (SSSR count). The maximum atomic E-state index is 13.0. The van der Waals surface area contributed by atoms with Gasteiger partial charge in [0.15, 0.2) is 11.6 Å². The van der Waals surface area contributed by atoms with Gasteiger partial charge in [0.1, 0.15) is 11.5 Å². The van der Waals surface area contributed by atoms with Crippen LogP contribution in [0.5, 0.6) is 11.5 Å². The molecule has 1 fully saturated rings. The molecule has 3 aromatic rings. The van der Waals surface area contributed by atoms with Crippen molar-refractivity contribution in [3.63, 3.8) is 0 Å². The standard InChI is InChI=1S/C23H19NO4/c25-20-13(12-24-9-3-4-10-24)7-8-16-17(20)11-18-19(23(16)28)22(27)15-6-2-1-5-14(15)21(18)26/h1-2,5-8,11,25,28H,3-4,9-10,12H2. The zero-order chi connectivity index (χ0) is 19.4. The summed E-state index contributed by atoms with van der Waals surface area (Å²) < 4.78 is 0. The van der Waals surface area contributed by atoms with Crippen LogP contribution in [0, 0.1) is 0 Å². The minimum atomic E-state index is -0.370. The van der Waals surface area contributed by atoms with Gasteiger partial charge >= 0.3 is 0 Å². The molecule has 1 heterocycles. The number of ketones is 2. The Hall–Kier alpha value is -3.18. The van der Waals surface area contributed by atoms with Gasteiger partial charge in [-0.05, 0) is 32.0 Å². The summed E-state index contributed by atoms with van der Waals surface area (Å²) in [5, 5.41) is 22.4. The van der Waals surface area contributed by atoms with E-state index < -0.39 is 0 Å². The molecule has 0 atom stereocenters. The van der Waals surface area contributed by atoms with Gasteiger partial charge in [0.05, 0.1) is 5.56 Å². The van der Waals surface area contributed by atoms with Crippen LogP contribution in [0.2, 0.25) is 0 Å². The van der Waals surface area contributed by atoms with Crippen molar-refractivity contribution in [2.45, 2.75) is 19.4 Å². The number of rotatable bonds is 2. The average Bonchev–Trinajstić information content (AvgIpc) is 3.21. The van der Waals surface area contributed by atoms with Crippen molar-refractivity contribution in [2.75, 3.05) is 13.1 Å². The molecule has 5 heteroatoms. The smallest absolute Gasteiger partial charge is 0.198 e. The molecule has 1 aliphatic heterocycles. The van der Waals surface area contributed by atoms with Crippen molar-refractivity contribution in [1.29, 1.82) is 0 Å². The van der Waals surface area contributed by atoms with Gasteiger partial charge in [-0.3, -0.25) is 14.5 Å². The van der Waals surface area contributed by atoms with Crippen LogP contribution >= 0.6 is 0 Å². The SMILES string of the molecule is O=C1c2ccccc2C(=O)c2c1cc1c(O)c(CN3CCCC3)ccc1c2O. The van der Waals surface area contributed by atoms with Crippen LogP contribution in [0.25, 0.3) is 10.8 Å². The summed E-state index contributed by atoms with van der Waals surface area (Å²) in [4.78, 5) is 28.2. The lowest BCUT2D eigenvalue weighted by atomic mass is 9.82. The molecule has 2 N–H and O–H groups in total. The normalized spacial score (nSPS) is 16.4. The van der Waals surface area contributed by atoms with E-state index in [1.807, 2.05) is 0 Å². The highest BCUT2D eigenvalue weighted by Gasteiger charge is 2.33. The molecule has 1 aliphatic carbocycles. The second kappa shape index (κ2) is 6.17. The molecule has 28 heavy (non-hydrogen) atoms. The Balaban J connectivity index is 1.70. The first-order chi connectivity index (χ1) is 13.6. The predicted octanol–water partition coefficient (Wildman–Crippen LogP) is 3.62. The topological polar surface area (TPSA) is 77.8 Å². The highest BCUT2D eigenvalue weighted by molar-refractivity contribution is 6.31. The second-order valence-electron chi connectivity index (χ2n) is 7.50. The van der Waals surface area contributed by atoms with Crippen LogP contribution in [0.1, 0.15) is 50.2 Å². The summed E-state index contributed by atoms with van der Waals surface area (Å²) in [7, 11) is 0. The first-order valence-electron chi connectivity index (χ1n) is 9.47. The fraction of sp³-hybridized carbons (Fsp3) is 0.217. The number of phenols is 2. The summed E-state index contributed by atoms with van der Waals surface area (Å²) in [6, 6.07) is 11.7. The number of nitrogens with zero attached hydrogens (tertiary/aromatic N) is 1. The van der Waals surface area contributed by atoms with E-state index in [4.69, 9.17) is 0 Å². The summed E-state index contributed by atoms with van der Waals surface area (Å²) >= 11 is 0. The molecule has 0 radical (unpaired) electrons. The van der Waals surface area contributed by atoms with Crippen molar-refractivity contribution < 1.29 is 19.8 Å². The molecule has 1 saturated heterocycles. The lowest BCUT2D eigenvalue weighted by Crippen LogP contribution is -2.21. The van der Waals surface area contributed by atoms with Crippen LogP contribution < -0.4 is 0 Å². The Morgan fingerprint density at radius 3 is 2.18 bits per heavy atom. The van der Waals surface area contributed by atoms with Gasteiger partial charge in [-0.25, -0.2) is 0 Å². The third-order valence-electron chi connectivity index (χ3n) is 5.83. The van der Waals surface area contributed by atoms with Crippen molar-refractivity contribution in [3.8, 4) is 11.5 Å². The van der Waals surface area contributed by atoms with E-state index >= 15 is 0 Å². The van der Waals surface area contributed by atoms with Gasteiger partial charge in [0.25, 0.3) is 0 Å². The molecule has 0 aromatic heterocycles.